The first-order valence-corrected chi connectivity index (χ1v) is 9.29. The maximum Gasteiger partial charge on any atom is 1.00 e. The molecule has 2 amide bonds. The summed E-state index contributed by atoms with van der Waals surface area (Å²) >= 11 is 0. The molecule has 2 N–H and O–H groups in total. The molecule has 10 nitrogen and oxygen atoms in total. The second-order valence-corrected chi connectivity index (χ2v) is 7.63. The third-order valence-corrected chi connectivity index (χ3v) is 5.30. The van der Waals surface area contributed by atoms with Gasteiger partial charge in [-0.3, -0.25) is 24.0 Å². The van der Waals surface area contributed by atoms with Gasteiger partial charge in [0.15, 0.2) is 0 Å². The first-order chi connectivity index (χ1) is 12.0. The summed E-state index contributed by atoms with van der Waals surface area (Å²) in [4.78, 5) is 31.2. The van der Waals surface area contributed by atoms with E-state index >= 15 is 0 Å². The molecule has 3 rings (SSSR count). The van der Waals surface area contributed by atoms with Crippen LogP contribution in [0, 0.1) is 5.92 Å². The van der Waals surface area contributed by atoms with Gasteiger partial charge in [-0.05, 0) is 25.0 Å². The van der Waals surface area contributed by atoms with Crippen molar-refractivity contribution < 1.29 is 62.5 Å². The van der Waals surface area contributed by atoms with Gasteiger partial charge in [-0.25, -0.2) is 4.18 Å². The van der Waals surface area contributed by atoms with E-state index in [-0.39, 0.29) is 54.8 Å². The van der Waals surface area contributed by atoms with Crippen LogP contribution in [-0.2, 0) is 30.0 Å². The number of rotatable bonds is 6. The number of hydrogen-bond donors (Lipinski definition) is 2. The summed E-state index contributed by atoms with van der Waals surface area (Å²) < 4.78 is 40.0. The van der Waals surface area contributed by atoms with Crippen LogP contribution < -0.4 is 34.9 Å². The Hall–Kier alpha value is -1.08. The Morgan fingerprint density at radius 3 is 2.63 bits per heavy atom. The fraction of sp³-hybridized carbons (Fsp3) is 0.533. The second kappa shape index (κ2) is 7.39. The molecule has 12 heteroatoms. The molecule has 1 aromatic rings. The van der Waals surface area contributed by atoms with Gasteiger partial charge in [-0.2, -0.15) is 8.42 Å². The number of carbonyl (C=O) groups is 2. The molecule has 3 heterocycles. The smallest absolute Gasteiger partial charge is 1.00 e. The number of carbonyl (C=O) groups excluding carboxylic acids is 2. The molecular weight excluding hydrogens is 389 g/mol. The maximum absolute atomic E-state index is 13.0. The van der Waals surface area contributed by atoms with E-state index in [1.807, 2.05) is 0 Å². The molecule has 0 saturated carbocycles. The van der Waals surface area contributed by atoms with E-state index in [1.165, 1.54) is 11.1 Å². The molecule has 0 bridgehead atoms. The van der Waals surface area contributed by atoms with Crippen molar-refractivity contribution >= 4 is 22.2 Å². The predicted octanol–water partition coefficient (Wildman–Crippen LogP) is -2.86. The average Bonchev–Trinajstić information content (AvgIpc) is 2.93. The van der Waals surface area contributed by atoms with E-state index in [1.54, 1.807) is 32.9 Å². The van der Waals surface area contributed by atoms with Gasteiger partial charge in [0, 0.05) is 6.20 Å². The Labute approximate surface area is 180 Å². The standard InChI is InChI=1S/C15H19N3O7S.Na.H/c1-9(2)14(3)13(20)17-15(24-7-8-25-26(21,22)23)11-10(5-4-6-16-11)12(19)18(14)15;;/h4-6,9H,7-8H2,1-3H3,(H,17,20)(H,21,22,23);;/q;+1;-1. The number of aromatic nitrogens is 1. The number of nitrogens with zero attached hydrogens (tertiary/aromatic N) is 2. The summed E-state index contributed by atoms with van der Waals surface area (Å²) in [5.41, 5.74) is -0.688. The molecule has 0 aromatic carbocycles. The topological polar surface area (TPSA) is 135 Å². The van der Waals surface area contributed by atoms with E-state index in [2.05, 4.69) is 14.5 Å². The zero-order chi connectivity index (χ0) is 19.3. The van der Waals surface area contributed by atoms with Crippen LogP contribution in [0.1, 0.15) is 38.2 Å². The summed E-state index contributed by atoms with van der Waals surface area (Å²) in [7, 11) is -4.63. The maximum atomic E-state index is 13.0. The minimum absolute atomic E-state index is 0. The van der Waals surface area contributed by atoms with Crippen molar-refractivity contribution in [3.05, 3.63) is 29.6 Å². The van der Waals surface area contributed by atoms with Crippen LogP contribution in [0.5, 0.6) is 0 Å². The van der Waals surface area contributed by atoms with Crippen LogP contribution in [0.25, 0.3) is 0 Å². The minimum atomic E-state index is -4.63. The molecule has 2 aliphatic heterocycles. The van der Waals surface area contributed by atoms with Crippen molar-refractivity contribution in [2.45, 2.75) is 32.2 Å². The Balaban J connectivity index is 0.00000196. The van der Waals surface area contributed by atoms with Crippen molar-refractivity contribution in [2.24, 2.45) is 5.92 Å². The fourth-order valence-corrected chi connectivity index (χ4v) is 3.55. The van der Waals surface area contributed by atoms with Crippen molar-refractivity contribution in [1.29, 1.82) is 0 Å². The monoisotopic (exact) mass is 409 g/mol. The molecule has 2 unspecified atom stereocenters. The van der Waals surface area contributed by atoms with Gasteiger partial charge in [-0.1, -0.05) is 13.8 Å². The number of amides is 2. The van der Waals surface area contributed by atoms with Gasteiger partial charge in [0.05, 0.1) is 18.8 Å². The van der Waals surface area contributed by atoms with Gasteiger partial charge in [0.1, 0.15) is 11.2 Å². The Morgan fingerprint density at radius 2 is 2.04 bits per heavy atom. The second-order valence-electron chi connectivity index (χ2n) is 6.54. The zero-order valence-corrected chi connectivity index (χ0v) is 18.2. The van der Waals surface area contributed by atoms with E-state index in [0.29, 0.717) is 0 Å². The Bertz CT molecular complexity index is 884. The third kappa shape index (κ3) is 3.41. The van der Waals surface area contributed by atoms with Crippen LogP contribution >= 0.6 is 0 Å². The molecule has 1 aromatic heterocycles. The molecule has 0 radical (unpaired) electrons. The first-order valence-electron chi connectivity index (χ1n) is 7.92. The number of hydrogen-bond acceptors (Lipinski definition) is 7. The fourth-order valence-electron chi connectivity index (χ4n) is 3.27. The van der Waals surface area contributed by atoms with Gasteiger partial charge in [0.2, 0.25) is 5.91 Å². The third-order valence-electron chi connectivity index (χ3n) is 4.84. The van der Waals surface area contributed by atoms with Crippen molar-refractivity contribution in [3.63, 3.8) is 0 Å². The van der Waals surface area contributed by atoms with Crippen molar-refractivity contribution in [3.8, 4) is 0 Å². The molecule has 0 aliphatic carbocycles. The van der Waals surface area contributed by atoms with E-state index in [9.17, 15) is 18.0 Å². The van der Waals surface area contributed by atoms with E-state index < -0.39 is 40.2 Å². The zero-order valence-electron chi connectivity index (χ0n) is 16.4. The summed E-state index contributed by atoms with van der Waals surface area (Å²) in [6.45, 7) is 4.42. The number of pyridine rings is 1. The number of nitrogens with one attached hydrogen (secondary N) is 1. The van der Waals surface area contributed by atoms with E-state index in [0.717, 1.165) is 0 Å². The molecule has 0 spiro atoms. The average molecular weight is 409 g/mol. The number of ether oxygens (including phenoxy) is 1. The number of fused-ring (bicyclic) bond motifs is 3. The largest absolute Gasteiger partial charge is 1.00 e. The van der Waals surface area contributed by atoms with Crippen LogP contribution in [0.4, 0.5) is 0 Å². The SMILES string of the molecule is CC(C)C1(C)C(=O)NC2(OCCOS(=O)(=O)O)c3ncccc3C(=O)N21.[H-].[Na+]. The van der Waals surface area contributed by atoms with Gasteiger partial charge < -0.3 is 11.5 Å². The van der Waals surface area contributed by atoms with Crippen LogP contribution in [0.15, 0.2) is 18.3 Å². The molecule has 27 heavy (non-hydrogen) atoms. The summed E-state index contributed by atoms with van der Waals surface area (Å²) in [5, 5.41) is 2.70. The van der Waals surface area contributed by atoms with Crippen LogP contribution in [-0.4, -0.2) is 53.4 Å². The minimum Gasteiger partial charge on any atom is -1.00 e. The molecule has 144 valence electrons. The predicted molar refractivity (Wildman–Crippen MR) is 88.0 cm³/mol. The van der Waals surface area contributed by atoms with Crippen LogP contribution in [0.2, 0.25) is 0 Å². The first kappa shape index (κ1) is 22.2. The van der Waals surface area contributed by atoms with E-state index in [4.69, 9.17) is 9.29 Å². The Morgan fingerprint density at radius 1 is 1.37 bits per heavy atom. The molecular formula is C15H20N3NaO7S. The summed E-state index contributed by atoms with van der Waals surface area (Å²) in [5.74, 6) is -2.72. The molecule has 2 atom stereocenters. The normalized spacial score (nSPS) is 26.6. The summed E-state index contributed by atoms with van der Waals surface area (Å²) in [6.07, 6.45) is 1.46. The quantitative estimate of drug-likeness (QED) is 0.291. The van der Waals surface area contributed by atoms with Gasteiger partial charge >= 0.3 is 40.0 Å². The molecule has 2 aliphatic rings. The van der Waals surface area contributed by atoms with Gasteiger partial charge in [-0.15, -0.1) is 0 Å². The summed E-state index contributed by atoms with van der Waals surface area (Å²) in [6, 6.07) is 3.18. The van der Waals surface area contributed by atoms with Crippen molar-refractivity contribution in [1.82, 2.24) is 15.2 Å². The van der Waals surface area contributed by atoms with Gasteiger partial charge in [0.25, 0.3) is 11.8 Å². The van der Waals surface area contributed by atoms with Crippen molar-refractivity contribution in [2.75, 3.05) is 13.2 Å². The molecule has 1 fully saturated rings. The molecule has 1 saturated heterocycles. The Kier molecular flexibility index (Phi) is 6.08. The van der Waals surface area contributed by atoms with Crippen LogP contribution in [0.3, 0.4) is 0 Å².